The van der Waals surface area contributed by atoms with Gasteiger partial charge in [-0.25, -0.2) is 4.39 Å². The summed E-state index contributed by atoms with van der Waals surface area (Å²) >= 11 is 0. The van der Waals surface area contributed by atoms with Crippen LogP contribution in [-0.4, -0.2) is 35.9 Å². The van der Waals surface area contributed by atoms with Gasteiger partial charge in [-0.15, -0.1) is 0 Å². The van der Waals surface area contributed by atoms with Gasteiger partial charge in [0.05, 0.1) is 18.8 Å². The number of rotatable bonds is 3. The summed E-state index contributed by atoms with van der Waals surface area (Å²) in [6.45, 7) is 1.90. The molecule has 0 N–H and O–H groups in total. The number of benzene rings is 2. The van der Waals surface area contributed by atoms with Crippen LogP contribution in [0.25, 0.3) is 11.1 Å². The van der Waals surface area contributed by atoms with Crippen LogP contribution in [0.15, 0.2) is 48.8 Å². The Morgan fingerprint density at radius 2 is 1.88 bits per heavy atom. The van der Waals surface area contributed by atoms with Crippen LogP contribution in [0.5, 0.6) is 5.75 Å². The SMILES string of the molecule is CN1C=CN(Cc2cc3c(c(-c4ccc(F)cc4)c2)OCCC3=O)C1. The second-order valence-corrected chi connectivity index (χ2v) is 6.49. The number of hydrogen-bond donors (Lipinski definition) is 0. The fourth-order valence-electron chi connectivity index (χ4n) is 3.29. The summed E-state index contributed by atoms with van der Waals surface area (Å²) in [7, 11) is 2.02. The molecule has 0 aromatic heterocycles. The lowest BCUT2D eigenvalue weighted by Crippen LogP contribution is -2.22. The Morgan fingerprint density at radius 1 is 1.12 bits per heavy atom. The van der Waals surface area contributed by atoms with Gasteiger partial charge in [-0.2, -0.15) is 0 Å². The zero-order chi connectivity index (χ0) is 17.4. The van der Waals surface area contributed by atoms with E-state index < -0.39 is 0 Å². The second kappa shape index (κ2) is 6.24. The summed E-state index contributed by atoms with van der Waals surface area (Å²) < 4.78 is 19.1. The van der Waals surface area contributed by atoms with Crippen LogP contribution < -0.4 is 4.74 Å². The number of hydrogen-bond acceptors (Lipinski definition) is 4. The van der Waals surface area contributed by atoms with Crippen LogP contribution >= 0.6 is 0 Å². The largest absolute Gasteiger partial charge is 0.492 e. The molecular formula is C20H19FN2O2. The lowest BCUT2D eigenvalue weighted by atomic mass is 9.94. The molecule has 0 saturated heterocycles. The molecule has 0 aliphatic carbocycles. The fourth-order valence-corrected chi connectivity index (χ4v) is 3.29. The van der Waals surface area contributed by atoms with Crippen molar-refractivity contribution >= 4 is 5.78 Å². The maximum atomic E-state index is 13.3. The molecule has 0 atom stereocenters. The first-order valence-corrected chi connectivity index (χ1v) is 8.31. The number of fused-ring (bicyclic) bond motifs is 1. The van der Waals surface area contributed by atoms with Crippen molar-refractivity contribution in [1.29, 1.82) is 0 Å². The van der Waals surface area contributed by atoms with Crippen LogP contribution in [0.4, 0.5) is 4.39 Å². The van der Waals surface area contributed by atoms with E-state index in [4.69, 9.17) is 4.74 Å². The van der Waals surface area contributed by atoms with Gasteiger partial charge in [0.1, 0.15) is 11.6 Å². The number of carbonyl (C=O) groups excluding carboxylic acids is 1. The number of nitrogens with zero attached hydrogens (tertiary/aromatic N) is 2. The molecule has 2 aliphatic heterocycles. The number of Topliss-reactive ketones (excluding diaryl/α,β-unsaturated/α-hetero) is 1. The molecule has 2 aromatic rings. The molecule has 0 unspecified atom stereocenters. The highest BCUT2D eigenvalue weighted by molar-refractivity contribution is 6.02. The predicted octanol–water partition coefficient (Wildman–Crippen LogP) is 3.63. The molecule has 2 heterocycles. The normalized spacial score (nSPS) is 16.2. The van der Waals surface area contributed by atoms with Crippen molar-refractivity contribution in [2.75, 3.05) is 20.3 Å². The van der Waals surface area contributed by atoms with Gasteiger partial charge in [0, 0.05) is 38.0 Å². The number of halogens is 1. The smallest absolute Gasteiger partial charge is 0.170 e. The van der Waals surface area contributed by atoms with Crippen LogP contribution in [0, 0.1) is 5.82 Å². The van der Waals surface area contributed by atoms with Gasteiger partial charge in [0.25, 0.3) is 0 Å². The highest BCUT2D eigenvalue weighted by Crippen LogP contribution is 2.38. The van der Waals surface area contributed by atoms with E-state index in [1.54, 1.807) is 12.1 Å². The summed E-state index contributed by atoms with van der Waals surface area (Å²) in [6, 6.07) is 10.3. The Hall–Kier alpha value is -2.82. The maximum Gasteiger partial charge on any atom is 0.170 e. The molecule has 4 rings (SSSR count). The lowest BCUT2D eigenvalue weighted by Gasteiger charge is -2.23. The van der Waals surface area contributed by atoms with E-state index in [1.165, 1.54) is 12.1 Å². The van der Waals surface area contributed by atoms with E-state index in [2.05, 4.69) is 9.80 Å². The highest BCUT2D eigenvalue weighted by Gasteiger charge is 2.24. The molecule has 2 aliphatic rings. The zero-order valence-corrected chi connectivity index (χ0v) is 14.0. The first-order chi connectivity index (χ1) is 12.1. The molecule has 2 aromatic carbocycles. The van der Waals surface area contributed by atoms with Gasteiger partial charge in [-0.1, -0.05) is 12.1 Å². The molecule has 0 amide bonds. The van der Waals surface area contributed by atoms with Crippen molar-refractivity contribution in [3.63, 3.8) is 0 Å². The zero-order valence-electron chi connectivity index (χ0n) is 14.0. The minimum absolute atomic E-state index is 0.0977. The van der Waals surface area contributed by atoms with Gasteiger partial charge in [-0.3, -0.25) is 4.79 Å². The van der Waals surface area contributed by atoms with E-state index in [9.17, 15) is 9.18 Å². The molecule has 0 radical (unpaired) electrons. The Bertz CT molecular complexity index is 846. The number of carbonyl (C=O) groups is 1. The molecule has 4 nitrogen and oxygen atoms in total. The molecule has 25 heavy (non-hydrogen) atoms. The van der Waals surface area contributed by atoms with Crippen molar-refractivity contribution in [2.24, 2.45) is 0 Å². The van der Waals surface area contributed by atoms with Gasteiger partial charge in [0.15, 0.2) is 5.78 Å². The standard InChI is InChI=1S/C20H19FN2O2/c1-22-7-8-23(13-22)12-14-10-17(15-2-4-16(21)5-3-15)20-18(11-14)19(24)6-9-25-20/h2-5,7-8,10-11H,6,9,12-13H2,1H3. The third-order valence-corrected chi connectivity index (χ3v) is 4.50. The third-order valence-electron chi connectivity index (χ3n) is 4.50. The molecule has 0 saturated carbocycles. The van der Waals surface area contributed by atoms with Crippen molar-refractivity contribution in [3.05, 3.63) is 65.7 Å². The monoisotopic (exact) mass is 338 g/mol. The molecule has 5 heteroatoms. The van der Waals surface area contributed by atoms with E-state index in [0.29, 0.717) is 30.9 Å². The first-order valence-electron chi connectivity index (χ1n) is 8.31. The molecule has 0 spiro atoms. The maximum absolute atomic E-state index is 13.3. The van der Waals surface area contributed by atoms with Crippen molar-refractivity contribution in [1.82, 2.24) is 9.80 Å². The summed E-state index contributed by atoms with van der Waals surface area (Å²) in [5.74, 6) is 0.428. The van der Waals surface area contributed by atoms with E-state index in [1.807, 2.05) is 31.6 Å². The minimum atomic E-state index is -0.281. The summed E-state index contributed by atoms with van der Waals surface area (Å²) in [5.41, 5.74) is 3.36. The molecule has 0 bridgehead atoms. The van der Waals surface area contributed by atoms with Crippen LogP contribution in [0.1, 0.15) is 22.3 Å². The van der Waals surface area contributed by atoms with E-state index in [-0.39, 0.29) is 11.6 Å². The predicted molar refractivity (Wildman–Crippen MR) is 93.6 cm³/mol. The Labute approximate surface area is 146 Å². The first kappa shape index (κ1) is 15.7. The van der Waals surface area contributed by atoms with Crippen molar-refractivity contribution < 1.29 is 13.9 Å². The van der Waals surface area contributed by atoms with Crippen LogP contribution in [0.2, 0.25) is 0 Å². The lowest BCUT2D eigenvalue weighted by molar-refractivity contribution is 0.0933. The molecule has 0 fully saturated rings. The van der Waals surface area contributed by atoms with Gasteiger partial charge < -0.3 is 14.5 Å². The van der Waals surface area contributed by atoms with Gasteiger partial charge >= 0.3 is 0 Å². The number of ketones is 1. The fraction of sp³-hybridized carbons (Fsp3) is 0.250. The van der Waals surface area contributed by atoms with E-state index >= 15 is 0 Å². The van der Waals surface area contributed by atoms with Crippen LogP contribution in [-0.2, 0) is 6.54 Å². The van der Waals surface area contributed by atoms with Crippen molar-refractivity contribution in [2.45, 2.75) is 13.0 Å². The molecule has 128 valence electrons. The average molecular weight is 338 g/mol. The van der Waals surface area contributed by atoms with Crippen molar-refractivity contribution in [3.8, 4) is 16.9 Å². The highest BCUT2D eigenvalue weighted by atomic mass is 19.1. The summed E-state index contributed by atoms with van der Waals surface area (Å²) in [5, 5.41) is 0. The minimum Gasteiger partial charge on any atom is -0.492 e. The number of ether oxygens (including phenoxy) is 1. The Kier molecular flexibility index (Phi) is 3.92. The van der Waals surface area contributed by atoms with Gasteiger partial charge in [-0.05, 0) is 35.4 Å². The Balaban J connectivity index is 1.77. The van der Waals surface area contributed by atoms with E-state index in [0.717, 1.165) is 23.4 Å². The average Bonchev–Trinajstić information content (AvgIpc) is 3.01. The third kappa shape index (κ3) is 3.09. The molecular weight excluding hydrogens is 319 g/mol. The second-order valence-electron chi connectivity index (χ2n) is 6.49. The topological polar surface area (TPSA) is 32.8 Å². The van der Waals surface area contributed by atoms with Gasteiger partial charge in [0.2, 0.25) is 0 Å². The Morgan fingerprint density at radius 3 is 2.60 bits per heavy atom. The summed E-state index contributed by atoms with van der Waals surface area (Å²) in [4.78, 5) is 16.7. The summed E-state index contributed by atoms with van der Waals surface area (Å²) in [6.07, 6.45) is 4.45. The van der Waals surface area contributed by atoms with Crippen LogP contribution in [0.3, 0.4) is 0 Å². The quantitative estimate of drug-likeness (QED) is 0.855.